The Bertz CT molecular complexity index is 889. The highest BCUT2D eigenvalue weighted by Gasteiger charge is 2.30. The Morgan fingerprint density at radius 2 is 2.00 bits per heavy atom. The molecule has 2 aromatic carbocycles. The predicted octanol–water partition coefficient (Wildman–Crippen LogP) is 4.59. The minimum Gasteiger partial charge on any atom is -0.337 e. The molecule has 0 bridgehead atoms. The molecule has 0 saturated heterocycles. The van der Waals surface area contributed by atoms with Crippen LogP contribution in [0.3, 0.4) is 0 Å². The third kappa shape index (κ3) is 3.41. The van der Waals surface area contributed by atoms with Crippen LogP contribution in [0.4, 0.5) is 13.2 Å². The maximum absolute atomic E-state index is 12.8. The summed E-state index contributed by atoms with van der Waals surface area (Å²) in [5.41, 5.74) is 2.72. The maximum atomic E-state index is 12.8. The van der Waals surface area contributed by atoms with Crippen molar-refractivity contribution in [1.82, 2.24) is 9.88 Å². The van der Waals surface area contributed by atoms with Crippen LogP contribution in [0.2, 0.25) is 0 Å². The zero-order chi connectivity index (χ0) is 17.3. The van der Waals surface area contributed by atoms with Gasteiger partial charge in [-0.3, -0.25) is 4.79 Å². The molecule has 0 fully saturated rings. The van der Waals surface area contributed by atoms with Crippen molar-refractivity contribution in [2.75, 3.05) is 7.05 Å². The number of aromatic nitrogens is 1. The molecule has 3 nitrogen and oxygen atoms in total. The molecule has 1 aromatic heterocycles. The van der Waals surface area contributed by atoms with Crippen molar-refractivity contribution in [3.8, 4) is 0 Å². The Morgan fingerprint density at radius 1 is 1.21 bits per heavy atom. The first-order valence-corrected chi connectivity index (χ1v) is 7.97. The number of carbonyl (C=O) groups is 1. The summed E-state index contributed by atoms with van der Waals surface area (Å²) in [7, 11) is 1.57. The normalized spacial score (nSPS) is 11.7. The van der Waals surface area contributed by atoms with E-state index in [1.54, 1.807) is 36.8 Å². The third-order valence-electron chi connectivity index (χ3n) is 3.60. The van der Waals surface area contributed by atoms with Crippen molar-refractivity contribution < 1.29 is 18.0 Å². The molecular formula is C17H13F3N2OS. The van der Waals surface area contributed by atoms with Crippen LogP contribution >= 0.6 is 11.3 Å². The average Bonchev–Trinajstić information content (AvgIpc) is 3.01. The fourth-order valence-electron chi connectivity index (χ4n) is 2.40. The second kappa shape index (κ2) is 6.24. The largest absolute Gasteiger partial charge is 0.416 e. The van der Waals surface area contributed by atoms with Crippen LogP contribution in [0.1, 0.15) is 21.5 Å². The van der Waals surface area contributed by atoms with E-state index in [-0.39, 0.29) is 12.5 Å². The molecule has 0 aliphatic rings. The van der Waals surface area contributed by atoms with Gasteiger partial charge in [0.05, 0.1) is 21.3 Å². The number of thiazole rings is 1. The summed E-state index contributed by atoms with van der Waals surface area (Å²) in [6.45, 7) is 0.101. The first-order valence-electron chi connectivity index (χ1n) is 7.09. The van der Waals surface area contributed by atoms with Gasteiger partial charge in [0.15, 0.2) is 0 Å². The van der Waals surface area contributed by atoms with E-state index in [1.807, 2.05) is 0 Å². The Balaban J connectivity index is 1.79. The van der Waals surface area contributed by atoms with E-state index in [2.05, 4.69) is 4.98 Å². The molecule has 0 unspecified atom stereocenters. The molecular weight excluding hydrogens is 337 g/mol. The average molecular weight is 350 g/mol. The van der Waals surface area contributed by atoms with Crippen molar-refractivity contribution in [1.29, 1.82) is 0 Å². The van der Waals surface area contributed by atoms with E-state index >= 15 is 0 Å². The van der Waals surface area contributed by atoms with Crippen LogP contribution in [0.25, 0.3) is 10.2 Å². The number of carbonyl (C=O) groups excluding carboxylic acids is 1. The summed E-state index contributed by atoms with van der Waals surface area (Å²) < 4.78 is 39.2. The van der Waals surface area contributed by atoms with Crippen LogP contribution in [0.15, 0.2) is 48.0 Å². The van der Waals surface area contributed by atoms with Gasteiger partial charge >= 0.3 is 6.18 Å². The first kappa shape index (κ1) is 16.4. The van der Waals surface area contributed by atoms with Gasteiger partial charge in [0.25, 0.3) is 5.91 Å². The van der Waals surface area contributed by atoms with Crippen molar-refractivity contribution in [3.63, 3.8) is 0 Å². The van der Waals surface area contributed by atoms with Crippen LogP contribution in [0, 0.1) is 0 Å². The molecule has 1 heterocycles. The zero-order valence-electron chi connectivity index (χ0n) is 12.7. The highest BCUT2D eigenvalue weighted by Crippen LogP contribution is 2.29. The summed E-state index contributed by atoms with van der Waals surface area (Å²) in [5, 5.41) is 0. The molecule has 3 aromatic rings. The van der Waals surface area contributed by atoms with E-state index in [4.69, 9.17) is 0 Å². The van der Waals surface area contributed by atoms with Crippen molar-refractivity contribution >= 4 is 27.5 Å². The van der Waals surface area contributed by atoms with Crippen LogP contribution < -0.4 is 0 Å². The summed E-state index contributed by atoms with van der Waals surface area (Å²) >= 11 is 1.43. The van der Waals surface area contributed by atoms with Gasteiger partial charge in [-0.25, -0.2) is 4.98 Å². The number of nitrogens with zero attached hydrogens (tertiary/aromatic N) is 2. The van der Waals surface area contributed by atoms with E-state index in [0.29, 0.717) is 11.1 Å². The van der Waals surface area contributed by atoms with Crippen molar-refractivity contribution in [2.24, 2.45) is 0 Å². The highest BCUT2D eigenvalue weighted by atomic mass is 32.1. The molecule has 7 heteroatoms. The number of benzene rings is 2. The van der Waals surface area contributed by atoms with Crippen LogP contribution in [-0.4, -0.2) is 22.8 Å². The first-order chi connectivity index (χ1) is 11.3. The smallest absolute Gasteiger partial charge is 0.337 e. The molecule has 0 radical (unpaired) electrons. The van der Waals surface area contributed by atoms with Gasteiger partial charge < -0.3 is 4.90 Å². The Labute approximate surface area is 140 Å². The Morgan fingerprint density at radius 3 is 2.75 bits per heavy atom. The molecule has 24 heavy (non-hydrogen) atoms. The number of hydrogen-bond donors (Lipinski definition) is 0. The van der Waals surface area contributed by atoms with Gasteiger partial charge in [-0.05, 0) is 35.9 Å². The number of alkyl halides is 3. The molecule has 0 N–H and O–H groups in total. The van der Waals surface area contributed by atoms with E-state index in [9.17, 15) is 18.0 Å². The zero-order valence-corrected chi connectivity index (χ0v) is 13.5. The Hall–Kier alpha value is -2.41. The molecule has 124 valence electrons. The summed E-state index contributed by atoms with van der Waals surface area (Å²) in [6.07, 6.45) is -4.39. The highest BCUT2D eigenvalue weighted by molar-refractivity contribution is 7.16. The fraction of sp³-hybridized carbons (Fsp3) is 0.176. The molecule has 0 aliphatic carbocycles. The fourth-order valence-corrected chi connectivity index (χ4v) is 3.12. The van der Waals surface area contributed by atoms with E-state index in [0.717, 1.165) is 22.3 Å². The summed E-state index contributed by atoms with van der Waals surface area (Å²) in [6, 6.07) is 10.2. The van der Waals surface area contributed by atoms with Crippen molar-refractivity contribution in [3.05, 3.63) is 64.7 Å². The monoisotopic (exact) mass is 350 g/mol. The number of amides is 1. The van der Waals surface area contributed by atoms with Gasteiger partial charge in [0, 0.05) is 19.2 Å². The molecule has 0 atom stereocenters. The number of halogens is 3. The predicted molar refractivity (Wildman–Crippen MR) is 86.9 cm³/mol. The standard InChI is InChI=1S/C17H13F3N2OS/c1-22(9-11-3-2-4-13(7-11)17(18,19)20)16(23)12-5-6-14-15(8-12)24-10-21-14/h2-8,10H,9H2,1H3. The van der Waals surface area contributed by atoms with Gasteiger partial charge in [-0.15, -0.1) is 11.3 Å². The number of fused-ring (bicyclic) bond motifs is 1. The minimum absolute atomic E-state index is 0.101. The number of hydrogen-bond acceptors (Lipinski definition) is 3. The molecule has 0 saturated carbocycles. The number of rotatable bonds is 3. The lowest BCUT2D eigenvalue weighted by Crippen LogP contribution is -2.26. The van der Waals surface area contributed by atoms with E-state index in [1.165, 1.54) is 22.3 Å². The minimum atomic E-state index is -4.39. The molecule has 0 spiro atoms. The SMILES string of the molecule is CN(Cc1cccc(C(F)(F)F)c1)C(=O)c1ccc2ncsc2c1. The van der Waals surface area contributed by atoms with Gasteiger partial charge in [-0.2, -0.15) is 13.2 Å². The second-order valence-electron chi connectivity index (χ2n) is 5.39. The van der Waals surface area contributed by atoms with Crippen LogP contribution in [0.5, 0.6) is 0 Å². The lowest BCUT2D eigenvalue weighted by Gasteiger charge is -2.18. The molecule has 3 rings (SSSR count). The quantitative estimate of drug-likeness (QED) is 0.692. The van der Waals surface area contributed by atoms with Gasteiger partial charge in [0.1, 0.15) is 0 Å². The maximum Gasteiger partial charge on any atom is 0.416 e. The second-order valence-corrected chi connectivity index (χ2v) is 6.28. The lowest BCUT2D eigenvalue weighted by atomic mass is 10.1. The summed E-state index contributed by atoms with van der Waals surface area (Å²) in [4.78, 5) is 18.0. The molecule has 0 aliphatic heterocycles. The van der Waals surface area contributed by atoms with Gasteiger partial charge in [0.2, 0.25) is 0 Å². The topological polar surface area (TPSA) is 33.2 Å². The molecule has 1 amide bonds. The third-order valence-corrected chi connectivity index (χ3v) is 4.39. The lowest BCUT2D eigenvalue weighted by molar-refractivity contribution is -0.137. The van der Waals surface area contributed by atoms with Crippen LogP contribution in [-0.2, 0) is 12.7 Å². The van der Waals surface area contributed by atoms with E-state index < -0.39 is 11.7 Å². The van der Waals surface area contributed by atoms with Gasteiger partial charge in [-0.1, -0.05) is 12.1 Å². The van der Waals surface area contributed by atoms with Crippen molar-refractivity contribution in [2.45, 2.75) is 12.7 Å². The summed E-state index contributed by atoms with van der Waals surface area (Å²) in [5.74, 6) is -0.247. The Kier molecular flexibility index (Phi) is 4.28.